The van der Waals surface area contributed by atoms with Crippen LogP contribution in [0.3, 0.4) is 0 Å². The molecule has 0 heterocycles. The lowest BCUT2D eigenvalue weighted by Crippen LogP contribution is -1.92. The highest BCUT2D eigenvalue weighted by Crippen LogP contribution is 2.29. The quantitative estimate of drug-likeness (QED) is 0.460. The molecule has 0 aromatic rings. The van der Waals surface area contributed by atoms with E-state index in [0.29, 0.717) is 0 Å². The van der Waals surface area contributed by atoms with Crippen molar-refractivity contribution in [3.8, 4) is 0 Å². The van der Waals surface area contributed by atoms with E-state index in [1.807, 2.05) is 13.8 Å². The molecular formula is C21H52O3. The van der Waals surface area contributed by atoms with Gasteiger partial charge in [-0.3, -0.25) is 0 Å². The number of hydrogen-bond donors (Lipinski definition) is 0. The Hall–Kier alpha value is -0.120. The van der Waals surface area contributed by atoms with Crippen molar-refractivity contribution in [3.63, 3.8) is 0 Å². The monoisotopic (exact) mass is 352 g/mol. The molecule has 1 aliphatic rings. The summed E-state index contributed by atoms with van der Waals surface area (Å²) in [4.78, 5) is 0. The zero-order valence-corrected chi connectivity index (χ0v) is 17.8. The van der Waals surface area contributed by atoms with Gasteiger partial charge in [-0.25, -0.2) is 0 Å². The van der Waals surface area contributed by atoms with Crippen molar-refractivity contribution >= 4 is 0 Å². The van der Waals surface area contributed by atoms with Crippen LogP contribution < -0.4 is 0 Å². The summed E-state index contributed by atoms with van der Waals surface area (Å²) in [5.41, 5.74) is 0. The van der Waals surface area contributed by atoms with Gasteiger partial charge >= 0.3 is 0 Å². The molecule has 3 nitrogen and oxygen atoms in total. The van der Waals surface area contributed by atoms with Crippen LogP contribution in [0.15, 0.2) is 0 Å². The highest BCUT2D eigenvalue weighted by molar-refractivity contribution is 4.66. The van der Waals surface area contributed by atoms with Gasteiger partial charge < -0.3 is 16.4 Å². The zero-order valence-electron chi connectivity index (χ0n) is 17.8. The van der Waals surface area contributed by atoms with Crippen LogP contribution in [0.1, 0.15) is 125 Å². The van der Waals surface area contributed by atoms with Crippen LogP contribution in [0.4, 0.5) is 0 Å². The molecule has 0 aromatic heterocycles. The smallest absolute Gasteiger partial charge is 0.0414 e. The Kier molecular flexibility index (Phi) is 44.9. The van der Waals surface area contributed by atoms with Crippen LogP contribution in [0, 0.1) is 11.8 Å². The largest absolute Gasteiger partial charge is 0.412 e. The minimum Gasteiger partial charge on any atom is -0.412 e. The second kappa shape index (κ2) is 30.7. The predicted molar refractivity (Wildman–Crippen MR) is 112 cm³/mol. The van der Waals surface area contributed by atoms with Gasteiger partial charge in [0.05, 0.1) is 0 Å². The van der Waals surface area contributed by atoms with Crippen molar-refractivity contribution in [3.05, 3.63) is 0 Å². The van der Waals surface area contributed by atoms with E-state index in [2.05, 4.69) is 27.7 Å². The molecule has 0 spiro atoms. The molecular weight excluding hydrogens is 300 g/mol. The Bertz CT molecular complexity index is 168. The van der Waals surface area contributed by atoms with E-state index in [-0.39, 0.29) is 16.4 Å². The zero-order chi connectivity index (χ0) is 16.3. The summed E-state index contributed by atoms with van der Waals surface area (Å²) in [5.74, 6) is 2.07. The van der Waals surface area contributed by atoms with Gasteiger partial charge in [0.1, 0.15) is 0 Å². The topological polar surface area (TPSA) is 94.5 Å². The van der Waals surface area contributed by atoms with Crippen molar-refractivity contribution in [2.75, 3.05) is 0 Å². The third-order valence-electron chi connectivity index (χ3n) is 4.67. The molecule has 3 heteroatoms. The lowest BCUT2D eigenvalue weighted by atomic mass is 9.99. The molecule has 0 radical (unpaired) electrons. The highest BCUT2D eigenvalue weighted by Gasteiger charge is 2.13. The summed E-state index contributed by atoms with van der Waals surface area (Å²) in [6.45, 7) is 13.1. The van der Waals surface area contributed by atoms with Crippen LogP contribution in [0.25, 0.3) is 0 Å². The van der Waals surface area contributed by atoms with Crippen molar-refractivity contribution in [2.45, 2.75) is 125 Å². The van der Waals surface area contributed by atoms with Crippen molar-refractivity contribution in [1.82, 2.24) is 0 Å². The fraction of sp³-hybridized carbons (Fsp3) is 1.00. The van der Waals surface area contributed by atoms with E-state index in [0.717, 1.165) is 11.8 Å². The summed E-state index contributed by atoms with van der Waals surface area (Å²) >= 11 is 0. The van der Waals surface area contributed by atoms with Crippen molar-refractivity contribution in [1.29, 1.82) is 0 Å². The average molecular weight is 353 g/mol. The molecule has 1 aliphatic carbocycles. The summed E-state index contributed by atoms with van der Waals surface area (Å²) in [5, 5.41) is 0. The van der Waals surface area contributed by atoms with Gasteiger partial charge in [-0.05, 0) is 11.8 Å². The van der Waals surface area contributed by atoms with E-state index in [9.17, 15) is 0 Å². The van der Waals surface area contributed by atoms with Crippen LogP contribution in [-0.4, -0.2) is 16.4 Å². The molecule has 0 bridgehead atoms. The van der Waals surface area contributed by atoms with Gasteiger partial charge in [-0.2, -0.15) is 0 Å². The fourth-order valence-electron chi connectivity index (χ4n) is 3.03. The summed E-state index contributed by atoms with van der Waals surface area (Å²) in [7, 11) is 0. The van der Waals surface area contributed by atoms with Gasteiger partial charge in [0, 0.05) is 0 Å². The summed E-state index contributed by atoms with van der Waals surface area (Å²) < 4.78 is 0. The molecule has 1 atom stereocenters. The minimum atomic E-state index is 0. The van der Waals surface area contributed by atoms with Gasteiger partial charge in [0.15, 0.2) is 0 Å². The van der Waals surface area contributed by atoms with Crippen molar-refractivity contribution < 1.29 is 16.4 Å². The first-order chi connectivity index (χ1) is 10.2. The van der Waals surface area contributed by atoms with Crippen LogP contribution in [-0.2, 0) is 0 Å². The maximum Gasteiger partial charge on any atom is -0.0414 e. The van der Waals surface area contributed by atoms with Gasteiger partial charge in [-0.15, -0.1) is 0 Å². The molecule has 154 valence electrons. The van der Waals surface area contributed by atoms with Crippen LogP contribution in [0.5, 0.6) is 0 Å². The maximum absolute atomic E-state index is 2.31. The Morgan fingerprint density at radius 1 is 0.750 bits per heavy atom. The van der Waals surface area contributed by atoms with E-state index >= 15 is 0 Å². The average Bonchev–Trinajstić information content (AvgIpc) is 3.03. The molecule has 0 aromatic carbocycles. The standard InChI is InChI=1S/C12H24.C7H16.C2H6.3H2O/c1-2-3-4-5-6-9-12-10-7-8-11-12;1-4-6-7(3)5-2;1-2;;;/h12H,2-11H2,1H3;7H,4-6H2,1-3H3;1-2H3;3*1H2. The number of hydrogen-bond acceptors (Lipinski definition) is 0. The SMILES string of the molecule is CC.CCCC(C)CC.CCCCCCCC1CCCC1.O.O.O. The highest BCUT2D eigenvalue weighted by atomic mass is 16.0. The summed E-state index contributed by atoms with van der Waals surface area (Å²) in [6, 6.07) is 0. The first-order valence-corrected chi connectivity index (χ1v) is 10.2. The van der Waals surface area contributed by atoms with E-state index in [1.54, 1.807) is 0 Å². The van der Waals surface area contributed by atoms with Crippen molar-refractivity contribution in [2.24, 2.45) is 11.8 Å². The van der Waals surface area contributed by atoms with Gasteiger partial charge in [0.25, 0.3) is 0 Å². The molecule has 1 fully saturated rings. The molecule has 1 rings (SSSR count). The predicted octanol–water partition coefficient (Wildman–Crippen LogP) is 5.92. The fourth-order valence-corrected chi connectivity index (χ4v) is 3.03. The molecule has 0 saturated heterocycles. The molecule has 0 amide bonds. The third kappa shape index (κ3) is 26.8. The summed E-state index contributed by atoms with van der Waals surface area (Å²) in [6.07, 6.45) is 19.0. The first-order valence-electron chi connectivity index (χ1n) is 10.2. The minimum absolute atomic E-state index is 0. The third-order valence-corrected chi connectivity index (χ3v) is 4.67. The second-order valence-corrected chi connectivity index (χ2v) is 6.66. The Morgan fingerprint density at radius 2 is 1.25 bits per heavy atom. The Labute approximate surface area is 153 Å². The van der Waals surface area contributed by atoms with Gasteiger partial charge in [0.2, 0.25) is 0 Å². The van der Waals surface area contributed by atoms with Gasteiger partial charge in [-0.1, -0.05) is 125 Å². The molecule has 6 N–H and O–H groups in total. The van der Waals surface area contributed by atoms with E-state index < -0.39 is 0 Å². The lowest BCUT2D eigenvalue weighted by Gasteiger charge is -2.07. The first kappa shape index (κ1) is 35.1. The second-order valence-electron chi connectivity index (χ2n) is 6.66. The maximum atomic E-state index is 2.31. The number of unbranched alkanes of at least 4 members (excludes halogenated alkanes) is 4. The lowest BCUT2D eigenvalue weighted by molar-refractivity contribution is 0.464. The number of rotatable bonds is 9. The van der Waals surface area contributed by atoms with E-state index in [4.69, 9.17) is 0 Å². The van der Waals surface area contributed by atoms with E-state index in [1.165, 1.54) is 83.5 Å². The Morgan fingerprint density at radius 3 is 1.62 bits per heavy atom. The molecule has 0 aliphatic heterocycles. The van der Waals surface area contributed by atoms with Crippen LogP contribution >= 0.6 is 0 Å². The Balaban J connectivity index is -0.0000000886. The molecule has 1 saturated carbocycles. The van der Waals surface area contributed by atoms with Crippen LogP contribution in [0.2, 0.25) is 0 Å². The molecule has 24 heavy (non-hydrogen) atoms. The normalized spacial score (nSPS) is 13.8. The molecule has 1 unspecified atom stereocenters.